The number of hydrogen-bond acceptors (Lipinski definition) is 11. The number of carbonyl (C=O) groups excluding carboxylic acids is 3. The zero-order valence-corrected chi connectivity index (χ0v) is 40.3. The molecule has 0 amide bonds. The van der Waals surface area contributed by atoms with E-state index in [1.54, 1.807) is 71.9 Å². The molecule has 2 bridgehead atoms. The molecule has 1 heterocycles. The number of fused-ring (bicyclic) bond motifs is 5. The van der Waals surface area contributed by atoms with Gasteiger partial charge in [0.1, 0.15) is 29.5 Å². The second kappa shape index (κ2) is 15.8. The van der Waals surface area contributed by atoms with Crippen LogP contribution >= 0.6 is 11.8 Å². The molecule has 5 rings (SSSR count). The summed E-state index contributed by atoms with van der Waals surface area (Å²) in [7, 11) is 0. The van der Waals surface area contributed by atoms with Gasteiger partial charge in [-0.15, -0.1) is 11.8 Å². The minimum Gasteiger partial charge on any atom is -0.458 e. The molecule has 1 aromatic rings. The first-order valence-electron chi connectivity index (χ1n) is 16.4. The number of benzene rings is 1. The first-order chi connectivity index (χ1) is 21.8. The normalized spacial score (nSPS) is 38.3. The van der Waals surface area contributed by atoms with Gasteiger partial charge in [-0.3, -0.25) is 9.59 Å². The molecule has 2 radical (unpaired) electrons. The third-order valence-electron chi connectivity index (χ3n) is 12.5. The van der Waals surface area contributed by atoms with Crippen molar-refractivity contribution in [2.24, 2.45) is 28.1 Å². The van der Waals surface area contributed by atoms with Crippen LogP contribution in [0.25, 0.3) is 0 Å². The number of aliphatic hydroxyl groups excluding tert-OH is 1. The van der Waals surface area contributed by atoms with Crippen molar-refractivity contribution in [3.63, 3.8) is 0 Å². The van der Waals surface area contributed by atoms with E-state index in [2.05, 4.69) is 0 Å². The summed E-state index contributed by atoms with van der Waals surface area (Å²) in [6.45, 7) is 13.7. The van der Waals surface area contributed by atoms with Gasteiger partial charge in [-0.2, -0.15) is 0 Å². The molecule has 266 valence electrons. The summed E-state index contributed by atoms with van der Waals surface area (Å²) < 4.78 is 24.7. The third kappa shape index (κ3) is 6.59. The number of Topliss-reactive ketones (excluding diaryl/α,β-unsaturated/α-hetero) is 1. The Morgan fingerprint density at radius 3 is 2.16 bits per heavy atom. The van der Waals surface area contributed by atoms with Crippen molar-refractivity contribution >= 4 is 29.5 Å². The van der Waals surface area contributed by atoms with Crippen LogP contribution < -0.4 is 0 Å². The summed E-state index contributed by atoms with van der Waals surface area (Å²) in [6, 6.07) is 8.30. The zero-order chi connectivity index (χ0) is 34.9. The fourth-order valence-corrected chi connectivity index (χ4v) is 9.01. The van der Waals surface area contributed by atoms with Crippen LogP contribution in [0.2, 0.25) is 0 Å². The number of thioether (sulfide) groups is 1. The average molecular weight is 1130 g/mol. The number of hydrogen-bond donors (Lipinski definition) is 3. The van der Waals surface area contributed by atoms with Crippen molar-refractivity contribution in [3.8, 4) is 0 Å². The minimum atomic E-state index is -2.08. The molecule has 1 aliphatic heterocycles. The van der Waals surface area contributed by atoms with Crippen LogP contribution in [0.1, 0.15) is 78.6 Å². The molecule has 3 aliphatic carbocycles. The van der Waals surface area contributed by atoms with Gasteiger partial charge in [0.25, 0.3) is 0 Å². The molecule has 13 heteroatoms. The Hall–Kier alpha value is 0.603. The average Bonchev–Trinajstić information content (AvgIpc) is 3.02. The Bertz CT molecular complexity index is 1450. The number of esters is 2. The van der Waals surface area contributed by atoms with Crippen LogP contribution in [-0.4, -0.2) is 93.6 Å². The quantitative estimate of drug-likeness (QED) is 0.197. The maximum atomic E-state index is 15.1. The predicted molar refractivity (Wildman–Crippen MR) is 175 cm³/mol. The number of ether oxygens (including phenoxy) is 4. The maximum Gasteiger partial charge on any atom is 0.338 e. The van der Waals surface area contributed by atoms with Crippen LogP contribution in [0.15, 0.2) is 41.5 Å². The molecular formula is C36H50Ac2O10S. The van der Waals surface area contributed by atoms with E-state index in [0.717, 1.165) is 0 Å². The number of carbonyl (C=O) groups is 3. The van der Waals surface area contributed by atoms with Crippen molar-refractivity contribution in [2.75, 3.05) is 18.8 Å². The molecular weight excluding hydrogens is 1080 g/mol. The zero-order valence-electron chi connectivity index (χ0n) is 30.0. The Morgan fingerprint density at radius 1 is 1.02 bits per heavy atom. The Kier molecular flexibility index (Phi) is 14.2. The molecule has 10 nitrogen and oxygen atoms in total. The molecule has 0 aromatic heterocycles. The molecule has 8 unspecified atom stereocenters. The largest absolute Gasteiger partial charge is 0.458 e. The van der Waals surface area contributed by atoms with Gasteiger partial charge in [0.15, 0.2) is 5.78 Å². The number of ketones is 1. The maximum absolute atomic E-state index is 15.1. The van der Waals surface area contributed by atoms with E-state index in [4.69, 9.17) is 18.9 Å². The van der Waals surface area contributed by atoms with Crippen molar-refractivity contribution in [1.82, 2.24) is 0 Å². The van der Waals surface area contributed by atoms with Gasteiger partial charge in [-0.05, 0) is 49.3 Å². The summed E-state index contributed by atoms with van der Waals surface area (Å²) in [5, 5.41) is 38.2. The molecule has 3 fully saturated rings. The second-order valence-corrected chi connectivity index (χ2v) is 16.0. The molecule has 49 heavy (non-hydrogen) atoms. The van der Waals surface area contributed by atoms with Crippen molar-refractivity contribution in [3.05, 3.63) is 47.0 Å². The first kappa shape index (κ1) is 44.0. The van der Waals surface area contributed by atoms with E-state index in [1.165, 1.54) is 11.8 Å². The van der Waals surface area contributed by atoms with Gasteiger partial charge in [-0.25, -0.2) is 4.79 Å². The predicted octanol–water partition coefficient (Wildman–Crippen LogP) is 4.09. The Labute approximate surface area is 365 Å². The van der Waals surface area contributed by atoms with Gasteiger partial charge in [-0.1, -0.05) is 59.7 Å². The van der Waals surface area contributed by atoms with Gasteiger partial charge in [0.05, 0.1) is 47.1 Å². The summed E-state index contributed by atoms with van der Waals surface area (Å²) >= 11 is 1.41. The molecule has 10 atom stereocenters. The van der Waals surface area contributed by atoms with Crippen molar-refractivity contribution < 1.29 is 137 Å². The van der Waals surface area contributed by atoms with E-state index in [-0.39, 0.29) is 131 Å². The monoisotopic (exact) mass is 1130 g/mol. The SMILES string of the molecule is CSCOC1CC2OCC2(O)C2(C)C(OC(=O)c3ccccc3)C3(O)CC(OC(=O)[C@H](C)C(C)C)C(C)=C(C(O)C(=O)[C@]12C)C3(C)C.[Ac].[Ac]. The Balaban J connectivity index is 0.00000325. The van der Waals surface area contributed by atoms with E-state index in [9.17, 15) is 24.9 Å². The fourth-order valence-electron chi connectivity index (χ4n) is 8.71. The number of aliphatic hydroxyl groups is 3. The Morgan fingerprint density at radius 2 is 1.63 bits per heavy atom. The van der Waals surface area contributed by atoms with Gasteiger partial charge in [0.2, 0.25) is 0 Å². The van der Waals surface area contributed by atoms with E-state index in [1.807, 2.05) is 20.1 Å². The van der Waals surface area contributed by atoms with E-state index in [0.29, 0.717) is 5.57 Å². The van der Waals surface area contributed by atoms with Crippen LogP contribution in [0, 0.1) is 116 Å². The molecule has 1 saturated heterocycles. The summed E-state index contributed by atoms with van der Waals surface area (Å²) in [6.07, 6.45) is -4.28. The van der Waals surface area contributed by atoms with E-state index < -0.39 is 81.6 Å². The van der Waals surface area contributed by atoms with Gasteiger partial charge >= 0.3 is 11.9 Å². The second-order valence-electron chi connectivity index (χ2n) is 15.2. The summed E-state index contributed by atoms with van der Waals surface area (Å²) in [5.74, 6) is -2.19. The molecule has 4 aliphatic rings. The summed E-state index contributed by atoms with van der Waals surface area (Å²) in [4.78, 5) is 42.4. The third-order valence-corrected chi connectivity index (χ3v) is 12.9. The molecule has 1 aromatic carbocycles. The van der Waals surface area contributed by atoms with Crippen LogP contribution in [-0.2, 0) is 28.5 Å². The van der Waals surface area contributed by atoms with Crippen LogP contribution in [0.4, 0.5) is 0 Å². The fraction of sp³-hybridized carbons (Fsp3) is 0.694. The number of rotatable bonds is 8. The molecule has 2 saturated carbocycles. The smallest absolute Gasteiger partial charge is 0.338 e. The standard InChI is InChI=1S/C36H50O10S.2Ac/c1-19(2)20(3)29(39)45-23-16-35(41)31(46-30(40)22-13-11-10-12-14-22)34(8)33(7,28(38)27(37)26(21(23)4)32(35,5)6)24(44-18-47-9)15-25-36(34,42)17-43-25;;/h10-14,19-20,23-25,27,31,37,41-42H,15-18H2,1-9H3;;/t20-,23?,24?,25?,27?,31?,33+,34?,35?,36?;;/m1../s1. The first-order valence-corrected chi connectivity index (χ1v) is 17.8. The van der Waals surface area contributed by atoms with Crippen molar-refractivity contribution in [1.29, 1.82) is 0 Å². The van der Waals surface area contributed by atoms with Gasteiger partial charge < -0.3 is 34.3 Å². The van der Waals surface area contributed by atoms with Crippen molar-refractivity contribution in [2.45, 2.75) is 110 Å². The molecule has 0 spiro atoms. The van der Waals surface area contributed by atoms with Crippen LogP contribution in [0.5, 0.6) is 0 Å². The van der Waals surface area contributed by atoms with Gasteiger partial charge in [0, 0.05) is 106 Å². The van der Waals surface area contributed by atoms with E-state index >= 15 is 4.79 Å². The topological polar surface area (TPSA) is 149 Å². The minimum absolute atomic E-state index is 0. The summed E-state index contributed by atoms with van der Waals surface area (Å²) in [5.41, 5.74) is -7.86. The molecule has 3 N–H and O–H groups in total. The van der Waals surface area contributed by atoms with Crippen LogP contribution in [0.3, 0.4) is 0 Å².